The van der Waals surface area contributed by atoms with Crippen molar-refractivity contribution in [2.24, 2.45) is 5.92 Å². The van der Waals surface area contributed by atoms with Gasteiger partial charge in [-0.15, -0.1) is 13.2 Å². The van der Waals surface area contributed by atoms with Gasteiger partial charge in [-0.3, -0.25) is 0 Å². The first-order valence-corrected chi connectivity index (χ1v) is 8.79. The highest BCUT2D eigenvalue weighted by Gasteiger charge is 2.72. The molecule has 0 aromatic heterocycles. The van der Waals surface area contributed by atoms with E-state index in [2.05, 4.69) is 4.74 Å². The lowest BCUT2D eigenvalue weighted by Gasteiger charge is -2.45. The van der Waals surface area contributed by atoms with Gasteiger partial charge in [-0.2, -0.15) is 0 Å². The van der Waals surface area contributed by atoms with E-state index in [9.17, 15) is 18.3 Å². The third-order valence-corrected chi connectivity index (χ3v) is 5.87. The monoisotopic (exact) mass is 374 g/mol. The van der Waals surface area contributed by atoms with E-state index in [1.54, 1.807) is 13.0 Å². The summed E-state index contributed by atoms with van der Waals surface area (Å²) in [5, 5.41) is 11.2. The molecular formula is C19H25F3O4. The van der Waals surface area contributed by atoms with Crippen LogP contribution < -0.4 is 4.74 Å². The Bertz CT molecular complexity index is 673. The number of hydrogen-bond acceptors (Lipinski definition) is 4. The molecule has 1 aromatic carbocycles. The Kier molecular flexibility index (Phi) is 4.57. The van der Waals surface area contributed by atoms with Gasteiger partial charge < -0.3 is 19.3 Å². The summed E-state index contributed by atoms with van der Waals surface area (Å²) in [4.78, 5) is 0. The third kappa shape index (κ3) is 3.00. The van der Waals surface area contributed by atoms with Gasteiger partial charge in [0, 0.05) is 5.56 Å². The van der Waals surface area contributed by atoms with Crippen LogP contribution in [0, 0.1) is 5.92 Å². The second kappa shape index (κ2) is 6.11. The summed E-state index contributed by atoms with van der Waals surface area (Å²) in [7, 11) is 0. The van der Waals surface area contributed by atoms with Crippen molar-refractivity contribution in [1.29, 1.82) is 0 Å². The van der Waals surface area contributed by atoms with E-state index in [-0.39, 0.29) is 23.8 Å². The highest BCUT2D eigenvalue weighted by Crippen LogP contribution is 2.60. The van der Waals surface area contributed by atoms with Gasteiger partial charge in [-0.1, -0.05) is 32.0 Å². The van der Waals surface area contributed by atoms with Crippen molar-refractivity contribution in [1.82, 2.24) is 0 Å². The molecule has 0 amide bonds. The maximum absolute atomic E-state index is 12.6. The van der Waals surface area contributed by atoms with Crippen LogP contribution in [0.15, 0.2) is 24.3 Å². The van der Waals surface area contributed by atoms with Crippen LogP contribution in [0.5, 0.6) is 5.75 Å². The second-order valence-corrected chi connectivity index (χ2v) is 7.95. The Hall–Kier alpha value is -1.31. The maximum Gasteiger partial charge on any atom is 0.573 e. The average molecular weight is 374 g/mol. The summed E-state index contributed by atoms with van der Waals surface area (Å²) in [6.07, 6.45) is -3.97. The van der Waals surface area contributed by atoms with Crippen LogP contribution in [0.3, 0.4) is 0 Å². The number of aliphatic hydroxyl groups is 1. The van der Waals surface area contributed by atoms with Crippen molar-refractivity contribution in [2.45, 2.75) is 76.4 Å². The van der Waals surface area contributed by atoms with Crippen LogP contribution in [-0.4, -0.2) is 34.4 Å². The standard InChI is InChI=1S/C19H25F3O4/c1-12(2)18-10-9-16(3,26-18)15(17(18,4)23)24-11-13-7-5-6-8-14(13)25-19(20,21)22/h5-8,12,15,23H,9-11H2,1-4H3/t15-,16-,17?,18-/m0/s1. The van der Waals surface area contributed by atoms with Crippen molar-refractivity contribution in [3.63, 3.8) is 0 Å². The zero-order valence-corrected chi connectivity index (χ0v) is 15.4. The van der Waals surface area contributed by atoms with Crippen LogP contribution in [-0.2, 0) is 16.1 Å². The van der Waals surface area contributed by atoms with E-state index in [0.29, 0.717) is 0 Å². The molecule has 146 valence electrons. The smallest absolute Gasteiger partial charge is 0.405 e. The van der Waals surface area contributed by atoms with Crippen molar-refractivity contribution in [3.8, 4) is 5.75 Å². The third-order valence-electron chi connectivity index (χ3n) is 5.87. The summed E-state index contributed by atoms with van der Waals surface area (Å²) in [5.41, 5.74) is -2.36. The lowest BCUT2D eigenvalue weighted by molar-refractivity contribution is -0.275. The largest absolute Gasteiger partial charge is 0.573 e. The molecule has 4 atom stereocenters. The van der Waals surface area contributed by atoms with Gasteiger partial charge in [-0.05, 0) is 38.7 Å². The van der Waals surface area contributed by atoms with Gasteiger partial charge in [0.25, 0.3) is 0 Å². The number of halogens is 3. The summed E-state index contributed by atoms with van der Waals surface area (Å²) in [6, 6.07) is 5.86. The Morgan fingerprint density at radius 1 is 1.23 bits per heavy atom. The van der Waals surface area contributed by atoms with E-state index in [4.69, 9.17) is 9.47 Å². The summed E-state index contributed by atoms with van der Waals surface area (Å²) >= 11 is 0. The van der Waals surface area contributed by atoms with E-state index >= 15 is 0 Å². The van der Waals surface area contributed by atoms with Gasteiger partial charge in [0.15, 0.2) is 0 Å². The first-order chi connectivity index (χ1) is 11.9. The first kappa shape index (κ1) is 19.5. The number of fused-ring (bicyclic) bond motifs is 2. The number of hydrogen-bond donors (Lipinski definition) is 1. The molecule has 2 aliphatic heterocycles. The van der Waals surface area contributed by atoms with Crippen molar-refractivity contribution in [3.05, 3.63) is 29.8 Å². The average Bonchev–Trinajstić information content (AvgIpc) is 2.94. The molecule has 1 unspecified atom stereocenters. The van der Waals surface area contributed by atoms with Gasteiger partial charge in [-0.25, -0.2) is 0 Å². The molecule has 0 spiro atoms. The fourth-order valence-electron chi connectivity index (χ4n) is 4.66. The van der Waals surface area contributed by atoms with Gasteiger partial charge in [0.05, 0.1) is 12.2 Å². The molecule has 0 aliphatic carbocycles. The van der Waals surface area contributed by atoms with Crippen LogP contribution in [0.25, 0.3) is 0 Å². The van der Waals surface area contributed by atoms with E-state index in [1.807, 2.05) is 20.8 Å². The summed E-state index contributed by atoms with van der Waals surface area (Å²) in [6.45, 7) is 7.46. The first-order valence-electron chi connectivity index (χ1n) is 8.79. The molecule has 4 nitrogen and oxygen atoms in total. The molecule has 7 heteroatoms. The molecule has 0 saturated carbocycles. The molecule has 2 saturated heterocycles. The fraction of sp³-hybridized carbons (Fsp3) is 0.684. The minimum atomic E-state index is -4.77. The molecule has 2 fully saturated rings. The van der Waals surface area contributed by atoms with E-state index < -0.39 is 29.3 Å². The zero-order valence-electron chi connectivity index (χ0n) is 15.4. The highest BCUT2D eigenvalue weighted by molar-refractivity contribution is 5.33. The fourth-order valence-corrected chi connectivity index (χ4v) is 4.66. The van der Waals surface area contributed by atoms with Crippen LogP contribution in [0.2, 0.25) is 0 Å². The van der Waals surface area contributed by atoms with E-state index in [0.717, 1.165) is 12.8 Å². The molecule has 3 rings (SSSR count). The number of ether oxygens (including phenoxy) is 3. The normalized spacial score (nSPS) is 36.7. The Balaban J connectivity index is 1.81. The lowest BCUT2D eigenvalue weighted by atomic mass is 9.66. The van der Waals surface area contributed by atoms with Gasteiger partial charge in [0.2, 0.25) is 0 Å². The molecule has 1 aromatic rings. The molecule has 26 heavy (non-hydrogen) atoms. The highest BCUT2D eigenvalue weighted by atomic mass is 19.4. The lowest BCUT2D eigenvalue weighted by Crippen LogP contribution is -2.60. The second-order valence-electron chi connectivity index (χ2n) is 7.95. The molecule has 1 N–H and O–H groups in total. The molecule has 2 aliphatic rings. The van der Waals surface area contributed by atoms with Gasteiger partial charge in [0.1, 0.15) is 23.1 Å². The number of alkyl halides is 3. The Morgan fingerprint density at radius 2 is 1.88 bits per heavy atom. The number of rotatable bonds is 5. The van der Waals surface area contributed by atoms with Crippen LogP contribution in [0.1, 0.15) is 46.1 Å². The van der Waals surface area contributed by atoms with Crippen molar-refractivity contribution >= 4 is 0 Å². The van der Waals surface area contributed by atoms with Crippen LogP contribution >= 0.6 is 0 Å². The maximum atomic E-state index is 12.6. The van der Waals surface area contributed by atoms with Crippen molar-refractivity contribution in [2.75, 3.05) is 0 Å². The van der Waals surface area contributed by atoms with Crippen molar-refractivity contribution < 1.29 is 32.5 Å². The Labute approximate surface area is 151 Å². The molecule has 2 heterocycles. The molecule has 2 bridgehead atoms. The summed E-state index contributed by atoms with van der Waals surface area (Å²) < 4.78 is 54.0. The zero-order chi connectivity index (χ0) is 19.4. The summed E-state index contributed by atoms with van der Waals surface area (Å²) in [5.74, 6) is -0.221. The number of benzene rings is 1. The minimum absolute atomic E-state index is 0.0776. The number of para-hydroxylation sites is 1. The molecule has 0 radical (unpaired) electrons. The minimum Gasteiger partial charge on any atom is -0.405 e. The Morgan fingerprint density at radius 3 is 2.46 bits per heavy atom. The quantitative estimate of drug-likeness (QED) is 0.839. The van der Waals surface area contributed by atoms with E-state index in [1.165, 1.54) is 18.2 Å². The predicted molar refractivity (Wildman–Crippen MR) is 88.6 cm³/mol. The topological polar surface area (TPSA) is 47.9 Å². The predicted octanol–water partition coefficient (Wildman–Crippen LogP) is 4.20. The van der Waals surface area contributed by atoms with Gasteiger partial charge >= 0.3 is 6.36 Å². The SMILES string of the molecule is CC(C)[C@]12CC[C@](C)(O1)[C@H](OCc1ccccc1OC(F)(F)F)C2(C)O. The molecular weight excluding hydrogens is 349 g/mol. The van der Waals surface area contributed by atoms with Crippen LogP contribution in [0.4, 0.5) is 13.2 Å².